The normalized spacial score (nSPS) is 37.7. The Balaban J connectivity index is 1.99. The molecule has 0 bridgehead atoms. The lowest BCUT2D eigenvalue weighted by Crippen LogP contribution is -2.47. The fourth-order valence-corrected chi connectivity index (χ4v) is 3.00. The summed E-state index contributed by atoms with van der Waals surface area (Å²) >= 11 is 7.49. The molecule has 2 heterocycles. The van der Waals surface area contributed by atoms with Gasteiger partial charge in [-0.2, -0.15) is 0 Å². The van der Waals surface area contributed by atoms with E-state index in [-0.39, 0.29) is 0 Å². The van der Waals surface area contributed by atoms with Crippen molar-refractivity contribution in [3.05, 3.63) is 0 Å². The lowest BCUT2D eigenvalue weighted by molar-refractivity contribution is -0.140. The maximum atomic E-state index is 10.8. The third-order valence-electron chi connectivity index (χ3n) is 1.94. The summed E-state index contributed by atoms with van der Waals surface area (Å²) in [5.74, 6) is 0.968. The highest BCUT2D eigenvalue weighted by Gasteiger charge is 2.44. The zero-order chi connectivity index (χ0) is 7.14. The number of rotatable bonds is 1. The molecule has 10 heavy (non-hydrogen) atoms. The second-order valence-corrected chi connectivity index (χ2v) is 4.41. The molecule has 4 heteroatoms. The lowest BCUT2D eigenvalue weighted by atomic mass is 10.2. The summed E-state index contributed by atoms with van der Waals surface area (Å²) in [6, 6.07) is 0. The van der Waals surface area contributed by atoms with Crippen LogP contribution in [0.2, 0.25) is 0 Å². The number of nitrogens with zero attached hydrogens (tertiary/aromatic N) is 1. The minimum absolute atomic E-state index is 0.296. The van der Waals surface area contributed by atoms with Gasteiger partial charge in [0.2, 0.25) is 5.91 Å². The Labute approximate surface area is 68.9 Å². The van der Waals surface area contributed by atoms with Crippen molar-refractivity contribution in [2.75, 3.05) is 12.4 Å². The Kier molecular flexibility index (Phi) is 1.57. The van der Waals surface area contributed by atoms with Crippen molar-refractivity contribution in [1.82, 2.24) is 4.90 Å². The minimum Gasteiger partial charge on any atom is -0.329 e. The molecule has 0 aliphatic carbocycles. The number of carbonyl (C=O) groups is 1. The summed E-state index contributed by atoms with van der Waals surface area (Å²) in [7, 11) is 0. The molecule has 2 fully saturated rings. The van der Waals surface area contributed by atoms with Crippen LogP contribution in [0.25, 0.3) is 0 Å². The third-order valence-corrected chi connectivity index (χ3v) is 3.93. The van der Waals surface area contributed by atoms with Gasteiger partial charge < -0.3 is 4.90 Å². The molecule has 56 valence electrons. The Morgan fingerprint density at radius 3 is 3.10 bits per heavy atom. The Morgan fingerprint density at radius 2 is 2.60 bits per heavy atom. The highest BCUT2D eigenvalue weighted by molar-refractivity contribution is 8.01. The number of fused-ring (bicyclic) bond motifs is 1. The number of hydrogen-bond donors (Lipinski definition) is 0. The van der Waals surface area contributed by atoms with E-state index in [9.17, 15) is 4.79 Å². The van der Waals surface area contributed by atoms with E-state index in [4.69, 9.17) is 11.6 Å². The summed E-state index contributed by atoms with van der Waals surface area (Å²) in [6.45, 7) is 0.873. The number of carbonyl (C=O) groups excluding carboxylic acids is 1. The molecule has 0 aromatic rings. The Hall–Kier alpha value is 0.110. The molecule has 0 spiro atoms. The van der Waals surface area contributed by atoms with E-state index in [0.717, 1.165) is 13.0 Å². The number of amides is 1. The van der Waals surface area contributed by atoms with E-state index in [0.29, 0.717) is 22.4 Å². The van der Waals surface area contributed by atoms with Crippen molar-refractivity contribution < 1.29 is 4.79 Å². The van der Waals surface area contributed by atoms with Crippen molar-refractivity contribution in [1.29, 1.82) is 0 Å². The van der Waals surface area contributed by atoms with Crippen LogP contribution in [0.4, 0.5) is 0 Å². The first-order valence-corrected chi connectivity index (χ1v) is 4.80. The summed E-state index contributed by atoms with van der Waals surface area (Å²) in [5.41, 5.74) is 0. The van der Waals surface area contributed by atoms with E-state index >= 15 is 0 Å². The Bertz CT molecular complexity index is 175. The molecule has 0 N–H and O–H groups in total. The zero-order valence-electron chi connectivity index (χ0n) is 5.42. The number of alkyl halides is 1. The van der Waals surface area contributed by atoms with Crippen LogP contribution in [0.1, 0.15) is 6.42 Å². The van der Waals surface area contributed by atoms with Crippen LogP contribution in [-0.2, 0) is 4.79 Å². The number of hydrogen-bond acceptors (Lipinski definition) is 2. The predicted octanol–water partition coefficient (Wildman–Crippen LogP) is 0.899. The molecule has 2 rings (SSSR count). The molecule has 2 saturated heterocycles. The van der Waals surface area contributed by atoms with E-state index in [1.165, 1.54) is 0 Å². The SMILES string of the molecule is O=C1C[C@@H]2S[C@H](CCl)CN12. The molecule has 0 saturated carbocycles. The van der Waals surface area contributed by atoms with Crippen LogP contribution in [0, 0.1) is 0 Å². The predicted molar refractivity (Wildman–Crippen MR) is 42.2 cm³/mol. The van der Waals surface area contributed by atoms with Gasteiger partial charge >= 0.3 is 0 Å². The minimum atomic E-state index is 0.296. The van der Waals surface area contributed by atoms with E-state index < -0.39 is 0 Å². The van der Waals surface area contributed by atoms with Crippen LogP contribution < -0.4 is 0 Å². The van der Waals surface area contributed by atoms with Crippen molar-refractivity contribution in [2.24, 2.45) is 0 Å². The molecule has 0 aromatic heterocycles. The van der Waals surface area contributed by atoms with Gasteiger partial charge in [-0.15, -0.1) is 23.4 Å². The second kappa shape index (κ2) is 2.31. The fourth-order valence-electron chi connectivity index (χ4n) is 1.34. The van der Waals surface area contributed by atoms with Gasteiger partial charge in [0.15, 0.2) is 0 Å². The highest BCUT2D eigenvalue weighted by atomic mass is 35.5. The molecule has 0 radical (unpaired) electrons. The molecular formula is C6H8ClNOS. The van der Waals surface area contributed by atoms with Crippen molar-refractivity contribution in [2.45, 2.75) is 17.0 Å². The van der Waals surface area contributed by atoms with E-state index in [1.807, 2.05) is 16.7 Å². The van der Waals surface area contributed by atoms with Gasteiger partial charge in [-0.05, 0) is 0 Å². The van der Waals surface area contributed by atoms with Crippen LogP contribution in [-0.4, -0.2) is 33.9 Å². The maximum absolute atomic E-state index is 10.8. The maximum Gasteiger partial charge on any atom is 0.226 e. The average molecular weight is 178 g/mol. The molecule has 2 aliphatic heterocycles. The van der Waals surface area contributed by atoms with Gasteiger partial charge in [0, 0.05) is 17.7 Å². The lowest BCUT2D eigenvalue weighted by Gasteiger charge is -2.32. The fraction of sp³-hybridized carbons (Fsp3) is 0.833. The van der Waals surface area contributed by atoms with Gasteiger partial charge in [0.25, 0.3) is 0 Å². The molecule has 0 unspecified atom stereocenters. The Morgan fingerprint density at radius 1 is 1.80 bits per heavy atom. The van der Waals surface area contributed by atoms with E-state index in [2.05, 4.69) is 0 Å². The summed E-state index contributed by atoms with van der Waals surface area (Å²) in [5, 5.41) is 0.953. The second-order valence-electron chi connectivity index (χ2n) is 2.62. The van der Waals surface area contributed by atoms with Gasteiger partial charge in [-0.3, -0.25) is 4.79 Å². The first-order chi connectivity index (χ1) is 4.81. The first kappa shape index (κ1) is 6.80. The largest absolute Gasteiger partial charge is 0.329 e. The standard InChI is InChI=1S/C6H8ClNOS/c7-2-4-3-8-5(9)1-6(8)10-4/h4,6H,1-3H2/t4-,6+/m1/s1. The number of halogens is 1. The van der Waals surface area contributed by atoms with Crippen LogP contribution in [0.3, 0.4) is 0 Å². The van der Waals surface area contributed by atoms with Gasteiger partial charge in [-0.1, -0.05) is 0 Å². The van der Waals surface area contributed by atoms with Crippen LogP contribution in [0.5, 0.6) is 0 Å². The quantitative estimate of drug-likeness (QED) is 0.438. The topological polar surface area (TPSA) is 20.3 Å². The molecular weight excluding hydrogens is 170 g/mol. The average Bonchev–Trinajstić information content (AvgIpc) is 2.26. The van der Waals surface area contributed by atoms with Gasteiger partial charge in [0.05, 0.1) is 11.8 Å². The zero-order valence-corrected chi connectivity index (χ0v) is 6.99. The van der Waals surface area contributed by atoms with Crippen molar-refractivity contribution in [3.8, 4) is 0 Å². The van der Waals surface area contributed by atoms with Gasteiger partial charge in [-0.25, -0.2) is 0 Å². The summed E-state index contributed by atoms with van der Waals surface area (Å²) in [6.07, 6.45) is 0.734. The number of thioether (sulfide) groups is 1. The molecule has 1 amide bonds. The molecule has 2 atom stereocenters. The van der Waals surface area contributed by atoms with Crippen molar-refractivity contribution in [3.63, 3.8) is 0 Å². The van der Waals surface area contributed by atoms with Crippen LogP contribution >= 0.6 is 23.4 Å². The van der Waals surface area contributed by atoms with E-state index in [1.54, 1.807) is 0 Å². The number of β-lactam (4-membered cyclic amide) rings is 1. The molecule has 2 nitrogen and oxygen atoms in total. The summed E-state index contributed by atoms with van der Waals surface area (Å²) < 4.78 is 0. The molecule has 2 aliphatic rings. The molecule has 0 aromatic carbocycles. The monoisotopic (exact) mass is 177 g/mol. The smallest absolute Gasteiger partial charge is 0.226 e. The van der Waals surface area contributed by atoms with Gasteiger partial charge in [0.1, 0.15) is 0 Å². The highest BCUT2D eigenvalue weighted by Crippen LogP contribution is 2.39. The van der Waals surface area contributed by atoms with Crippen molar-refractivity contribution >= 4 is 29.3 Å². The first-order valence-electron chi connectivity index (χ1n) is 3.32. The van der Waals surface area contributed by atoms with Crippen LogP contribution in [0.15, 0.2) is 0 Å². The summed E-state index contributed by atoms with van der Waals surface area (Å²) in [4.78, 5) is 12.8. The third kappa shape index (κ3) is 0.839.